The Kier molecular flexibility index (Phi) is 3.10. The number of carboxylic acids is 1. The maximum absolute atomic E-state index is 13.0. The van der Waals surface area contributed by atoms with Gasteiger partial charge in [0.2, 0.25) is 5.88 Å². The van der Waals surface area contributed by atoms with Crippen molar-refractivity contribution in [3.8, 4) is 11.6 Å². The molecule has 5 heteroatoms. The minimum absolute atomic E-state index is 0.100. The van der Waals surface area contributed by atoms with E-state index in [0.717, 1.165) is 31.5 Å². The van der Waals surface area contributed by atoms with Crippen LogP contribution < -0.4 is 4.74 Å². The monoisotopic (exact) mass is 273 g/mol. The molecule has 0 saturated heterocycles. The molecule has 102 valence electrons. The molecule has 1 heterocycles. The molecule has 0 amide bonds. The second-order valence-corrected chi connectivity index (χ2v) is 4.70. The third-order valence-corrected chi connectivity index (χ3v) is 3.33. The number of halogens is 1. The van der Waals surface area contributed by atoms with Crippen molar-refractivity contribution in [1.82, 2.24) is 4.98 Å². The number of hydrogen-bond acceptors (Lipinski definition) is 3. The summed E-state index contributed by atoms with van der Waals surface area (Å²) in [5.41, 5.74) is 2.22. The normalized spacial score (nSPS) is 13.1. The van der Waals surface area contributed by atoms with Crippen molar-refractivity contribution in [3.05, 3.63) is 53.0 Å². The van der Waals surface area contributed by atoms with Crippen molar-refractivity contribution in [1.29, 1.82) is 0 Å². The molecule has 1 aliphatic carbocycles. The number of fused-ring (bicyclic) bond motifs is 1. The number of benzene rings is 1. The highest BCUT2D eigenvalue weighted by molar-refractivity contribution is 5.90. The number of aryl methyl sites for hydroxylation is 2. The zero-order chi connectivity index (χ0) is 14.1. The second kappa shape index (κ2) is 4.92. The summed E-state index contributed by atoms with van der Waals surface area (Å²) in [4.78, 5) is 14.8. The summed E-state index contributed by atoms with van der Waals surface area (Å²) < 4.78 is 18.5. The first kappa shape index (κ1) is 12.6. The van der Waals surface area contributed by atoms with Gasteiger partial charge in [-0.15, -0.1) is 0 Å². The van der Waals surface area contributed by atoms with Crippen molar-refractivity contribution in [2.75, 3.05) is 0 Å². The summed E-state index contributed by atoms with van der Waals surface area (Å²) in [5.74, 6) is -1.55. The van der Waals surface area contributed by atoms with Gasteiger partial charge in [0.25, 0.3) is 0 Å². The van der Waals surface area contributed by atoms with Crippen LogP contribution >= 0.6 is 0 Å². The number of hydrogen-bond donors (Lipinski definition) is 1. The molecule has 2 aromatic rings. The number of ether oxygens (including phenoxy) is 1. The summed E-state index contributed by atoms with van der Waals surface area (Å²) in [5, 5.41) is 9.04. The molecule has 1 N–H and O–H groups in total. The van der Waals surface area contributed by atoms with Crippen LogP contribution in [0.4, 0.5) is 4.39 Å². The van der Waals surface area contributed by atoms with Gasteiger partial charge >= 0.3 is 5.97 Å². The molecule has 1 aromatic heterocycles. The summed E-state index contributed by atoms with van der Waals surface area (Å²) in [7, 11) is 0. The average molecular weight is 273 g/mol. The zero-order valence-electron chi connectivity index (χ0n) is 10.6. The van der Waals surface area contributed by atoms with E-state index in [4.69, 9.17) is 9.84 Å². The van der Waals surface area contributed by atoms with Gasteiger partial charge in [-0.3, -0.25) is 0 Å². The SMILES string of the molecule is O=C(O)c1cc(F)cnc1Oc1ccc2c(c1)CCC2. The lowest BCUT2D eigenvalue weighted by atomic mass is 10.1. The number of nitrogens with zero attached hydrogens (tertiary/aromatic N) is 1. The fourth-order valence-electron chi connectivity index (χ4n) is 2.38. The van der Waals surface area contributed by atoms with Crippen molar-refractivity contribution in [3.63, 3.8) is 0 Å². The summed E-state index contributed by atoms with van der Waals surface area (Å²) in [6.45, 7) is 0. The van der Waals surface area contributed by atoms with Crippen molar-refractivity contribution >= 4 is 5.97 Å². The topological polar surface area (TPSA) is 59.4 Å². The van der Waals surface area contributed by atoms with E-state index in [-0.39, 0.29) is 11.4 Å². The number of carbonyl (C=O) groups is 1. The smallest absolute Gasteiger partial charge is 0.341 e. The van der Waals surface area contributed by atoms with E-state index in [2.05, 4.69) is 4.98 Å². The van der Waals surface area contributed by atoms with Crippen LogP contribution in [-0.2, 0) is 12.8 Å². The fraction of sp³-hybridized carbons (Fsp3) is 0.200. The predicted molar refractivity (Wildman–Crippen MR) is 69.7 cm³/mol. The average Bonchev–Trinajstić information content (AvgIpc) is 2.88. The van der Waals surface area contributed by atoms with E-state index < -0.39 is 11.8 Å². The molecule has 0 spiro atoms. The molecule has 0 atom stereocenters. The van der Waals surface area contributed by atoms with E-state index in [1.807, 2.05) is 12.1 Å². The highest BCUT2D eigenvalue weighted by Gasteiger charge is 2.16. The number of pyridine rings is 1. The van der Waals surface area contributed by atoms with E-state index in [1.54, 1.807) is 6.07 Å². The first-order valence-electron chi connectivity index (χ1n) is 6.32. The third-order valence-electron chi connectivity index (χ3n) is 3.33. The molecule has 20 heavy (non-hydrogen) atoms. The third kappa shape index (κ3) is 2.34. The predicted octanol–water partition coefficient (Wildman–Crippen LogP) is 3.20. The summed E-state index contributed by atoms with van der Waals surface area (Å²) in [6.07, 6.45) is 4.11. The Balaban J connectivity index is 1.93. The van der Waals surface area contributed by atoms with Gasteiger partial charge in [0.15, 0.2) is 0 Å². The molecule has 1 aromatic carbocycles. The van der Waals surface area contributed by atoms with Gasteiger partial charge in [-0.05, 0) is 48.6 Å². The molecule has 4 nitrogen and oxygen atoms in total. The largest absolute Gasteiger partial charge is 0.477 e. The molecular formula is C15H12FNO3. The Bertz CT molecular complexity index is 685. The number of carboxylic acid groups (broad SMARTS) is 1. The van der Waals surface area contributed by atoms with Crippen LogP contribution in [0.1, 0.15) is 27.9 Å². The number of aromatic nitrogens is 1. The van der Waals surface area contributed by atoms with Crippen LogP contribution in [0.2, 0.25) is 0 Å². The van der Waals surface area contributed by atoms with Gasteiger partial charge < -0.3 is 9.84 Å². The molecule has 1 aliphatic rings. The Labute approximate surface area is 114 Å². The quantitative estimate of drug-likeness (QED) is 0.932. The highest BCUT2D eigenvalue weighted by Crippen LogP contribution is 2.29. The van der Waals surface area contributed by atoms with Crippen LogP contribution in [0.15, 0.2) is 30.5 Å². The van der Waals surface area contributed by atoms with E-state index >= 15 is 0 Å². The van der Waals surface area contributed by atoms with Crippen LogP contribution in [-0.4, -0.2) is 16.1 Å². The first-order chi connectivity index (χ1) is 9.63. The molecular weight excluding hydrogens is 261 g/mol. The first-order valence-corrected chi connectivity index (χ1v) is 6.32. The van der Waals surface area contributed by atoms with Gasteiger partial charge in [0.1, 0.15) is 17.1 Å². The van der Waals surface area contributed by atoms with E-state index in [0.29, 0.717) is 5.75 Å². The van der Waals surface area contributed by atoms with Gasteiger partial charge in [-0.1, -0.05) is 6.07 Å². The van der Waals surface area contributed by atoms with Crippen molar-refractivity contribution in [2.24, 2.45) is 0 Å². The van der Waals surface area contributed by atoms with Gasteiger partial charge in [-0.2, -0.15) is 0 Å². The maximum Gasteiger partial charge on any atom is 0.341 e. The fourth-order valence-corrected chi connectivity index (χ4v) is 2.38. The van der Waals surface area contributed by atoms with Crippen LogP contribution in [0, 0.1) is 5.82 Å². The van der Waals surface area contributed by atoms with Gasteiger partial charge in [0, 0.05) is 0 Å². The van der Waals surface area contributed by atoms with Crippen LogP contribution in [0.5, 0.6) is 11.6 Å². The Morgan fingerprint density at radius 1 is 1.25 bits per heavy atom. The lowest BCUT2D eigenvalue weighted by molar-refractivity contribution is 0.0692. The molecule has 0 saturated carbocycles. The Morgan fingerprint density at radius 2 is 2.05 bits per heavy atom. The van der Waals surface area contributed by atoms with Crippen LogP contribution in [0.25, 0.3) is 0 Å². The molecule has 0 radical (unpaired) electrons. The number of rotatable bonds is 3. The lowest BCUT2D eigenvalue weighted by Gasteiger charge is -2.09. The Morgan fingerprint density at radius 3 is 2.85 bits per heavy atom. The minimum atomic E-state index is -1.27. The zero-order valence-corrected chi connectivity index (χ0v) is 10.6. The molecule has 3 rings (SSSR count). The molecule has 0 bridgehead atoms. The summed E-state index contributed by atoms with van der Waals surface area (Å²) >= 11 is 0. The van der Waals surface area contributed by atoms with E-state index in [1.165, 1.54) is 11.1 Å². The molecule has 0 aliphatic heterocycles. The highest BCUT2D eigenvalue weighted by atomic mass is 19.1. The van der Waals surface area contributed by atoms with Crippen molar-refractivity contribution in [2.45, 2.75) is 19.3 Å². The maximum atomic E-state index is 13.0. The van der Waals surface area contributed by atoms with E-state index in [9.17, 15) is 9.18 Å². The lowest BCUT2D eigenvalue weighted by Crippen LogP contribution is -2.03. The number of aromatic carboxylic acids is 1. The molecule has 0 fully saturated rings. The van der Waals surface area contributed by atoms with Crippen molar-refractivity contribution < 1.29 is 19.0 Å². The standard InChI is InChI=1S/C15H12FNO3/c16-11-7-13(15(18)19)14(17-8-11)20-12-5-4-9-2-1-3-10(9)6-12/h4-8H,1-3H2,(H,18,19). The second-order valence-electron chi connectivity index (χ2n) is 4.70. The Hall–Kier alpha value is -2.43. The minimum Gasteiger partial charge on any atom is -0.477 e. The van der Waals surface area contributed by atoms with Crippen LogP contribution in [0.3, 0.4) is 0 Å². The molecule has 0 unspecified atom stereocenters. The van der Waals surface area contributed by atoms with Gasteiger partial charge in [-0.25, -0.2) is 14.2 Å². The summed E-state index contributed by atoms with van der Waals surface area (Å²) in [6, 6.07) is 6.54. The van der Waals surface area contributed by atoms with Gasteiger partial charge in [0.05, 0.1) is 6.20 Å².